The van der Waals surface area contributed by atoms with Gasteiger partial charge in [-0.15, -0.1) is 0 Å². The van der Waals surface area contributed by atoms with Gasteiger partial charge in [-0.3, -0.25) is 0 Å². The van der Waals surface area contributed by atoms with Crippen molar-refractivity contribution in [3.05, 3.63) is 71.8 Å². The van der Waals surface area contributed by atoms with Crippen LogP contribution in [0.1, 0.15) is 25.0 Å². The van der Waals surface area contributed by atoms with E-state index < -0.39 is 6.10 Å². The van der Waals surface area contributed by atoms with Crippen molar-refractivity contribution in [2.24, 2.45) is 11.8 Å². The van der Waals surface area contributed by atoms with Crippen molar-refractivity contribution in [2.75, 3.05) is 6.61 Å². The second-order valence-corrected chi connectivity index (χ2v) is 6.91. The Morgan fingerprint density at radius 2 is 1.42 bits per heavy atom. The summed E-state index contributed by atoms with van der Waals surface area (Å²) in [5.41, 5.74) is 2.16. The molecule has 1 heterocycles. The normalized spacial score (nSPS) is 25.7. The lowest BCUT2D eigenvalue weighted by molar-refractivity contribution is -0.192. The molecule has 0 aliphatic carbocycles. The maximum Gasteiger partial charge on any atom is 0.335 e. The van der Waals surface area contributed by atoms with E-state index >= 15 is 0 Å². The Kier molecular flexibility index (Phi) is 6.42. The number of hydrogen-bond acceptors (Lipinski definition) is 4. The van der Waals surface area contributed by atoms with E-state index in [1.54, 1.807) is 0 Å². The first-order valence-corrected chi connectivity index (χ1v) is 9.13. The highest BCUT2D eigenvalue weighted by Crippen LogP contribution is 2.30. The van der Waals surface area contributed by atoms with Gasteiger partial charge < -0.3 is 14.2 Å². The summed E-state index contributed by atoms with van der Waals surface area (Å²) in [6, 6.07) is 19.9. The molecule has 1 fully saturated rings. The summed E-state index contributed by atoms with van der Waals surface area (Å²) in [5, 5.41) is 0. The maximum absolute atomic E-state index is 12.4. The highest BCUT2D eigenvalue weighted by atomic mass is 16.6. The van der Waals surface area contributed by atoms with Crippen LogP contribution in [0.25, 0.3) is 0 Å². The fraction of sp³-hybridized carbons (Fsp3) is 0.409. The SMILES string of the molecule is C[C@@H]1[C@H](OCc2ccccc2)C(=O)OC(COCc2ccccc2)[C@H]1C. The molecule has 4 nitrogen and oxygen atoms in total. The zero-order valence-electron chi connectivity index (χ0n) is 15.3. The first-order chi connectivity index (χ1) is 12.6. The van der Waals surface area contributed by atoms with Crippen LogP contribution in [0, 0.1) is 11.8 Å². The van der Waals surface area contributed by atoms with Crippen LogP contribution in [0.2, 0.25) is 0 Å². The van der Waals surface area contributed by atoms with Crippen molar-refractivity contribution in [3.63, 3.8) is 0 Å². The summed E-state index contributed by atoms with van der Waals surface area (Å²) in [5.74, 6) is -0.0469. The molecule has 1 unspecified atom stereocenters. The van der Waals surface area contributed by atoms with Crippen LogP contribution in [-0.2, 0) is 32.2 Å². The zero-order valence-corrected chi connectivity index (χ0v) is 15.3. The molecule has 1 aliphatic rings. The molecule has 26 heavy (non-hydrogen) atoms. The molecule has 0 saturated carbocycles. The van der Waals surface area contributed by atoms with Gasteiger partial charge in [-0.1, -0.05) is 74.5 Å². The number of ether oxygens (including phenoxy) is 3. The number of cyclic esters (lactones) is 1. The van der Waals surface area contributed by atoms with Crippen molar-refractivity contribution < 1.29 is 19.0 Å². The van der Waals surface area contributed by atoms with Crippen molar-refractivity contribution >= 4 is 5.97 Å². The molecular weight excluding hydrogens is 328 g/mol. The minimum Gasteiger partial charge on any atom is -0.458 e. The molecule has 0 aromatic heterocycles. The van der Waals surface area contributed by atoms with Crippen molar-refractivity contribution in [3.8, 4) is 0 Å². The van der Waals surface area contributed by atoms with Crippen LogP contribution in [-0.4, -0.2) is 24.8 Å². The molecule has 0 bridgehead atoms. The van der Waals surface area contributed by atoms with Gasteiger partial charge in [-0.2, -0.15) is 0 Å². The Labute approximate surface area is 155 Å². The molecular formula is C22H26O4. The van der Waals surface area contributed by atoms with Gasteiger partial charge in [0.15, 0.2) is 6.10 Å². The molecule has 2 aromatic rings. The lowest BCUT2D eigenvalue weighted by Crippen LogP contribution is -2.49. The lowest BCUT2D eigenvalue weighted by Gasteiger charge is -2.38. The summed E-state index contributed by atoms with van der Waals surface area (Å²) >= 11 is 0. The highest BCUT2D eigenvalue weighted by molar-refractivity contribution is 5.76. The van der Waals surface area contributed by atoms with Gasteiger partial charge in [-0.05, 0) is 17.0 Å². The predicted molar refractivity (Wildman–Crippen MR) is 99.3 cm³/mol. The number of benzene rings is 2. The average molecular weight is 354 g/mol. The molecule has 0 spiro atoms. The molecule has 3 rings (SSSR count). The first-order valence-electron chi connectivity index (χ1n) is 9.13. The molecule has 1 aliphatic heterocycles. The van der Waals surface area contributed by atoms with E-state index in [0.717, 1.165) is 11.1 Å². The fourth-order valence-corrected chi connectivity index (χ4v) is 3.19. The summed E-state index contributed by atoms with van der Waals surface area (Å²) in [6.45, 7) is 5.46. The number of esters is 1. The third-order valence-corrected chi connectivity index (χ3v) is 5.06. The van der Waals surface area contributed by atoms with Crippen LogP contribution < -0.4 is 0 Å². The fourth-order valence-electron chi connectivity index (χ4n) is 3.19. The standard InChI is InChI=1S/C22H26O4/c1-16-17(2)21(25-14-19-11-7-4-8-12-19)22(23)26-20(16)15-24-13-18-9-5-3-6-10-18/h3-12,16-17,20-21H,13-15H2,1-2H3/t16-,17-,20?,21-/m0/s1. The van der Waals surface area contributed by atoms with Crippen molar-refractivity contribution in [1.29, 1.82) is 0 Å². The predicted octanol–water partition coefficient (Wildman–Crippen LogP) is 3.99. The van der Waals surface area contributed by atoms with E-state index in [-0.39, 0.29) is 23.9 Å². The number of rotatable bonds is 7. The summed E-state index contributed by atoms with van der Waals surface area (Å²) in [6.07, 6.45) is -0.770. The van der Waals surface area contributed by atoms with Crippen LogP contribution >= 0.6 is 0 Å². The Hall–Kier alpha value is -2.17. The summed E-state index contributed by atoms with van der Waals surface area (Å²) in [7, 11) is 0. The van der Waals surface area contributed by atoms with Crippen LogP contribution in [0.3, 0.4) is 0 Å². The van der Waals surface area contributed by atoms with Gasteiger partial charge in [-0.25, -0.2) is 4.79 Å². The lowest BCUT2D eigenvalue weighted by atomic mass is 9.84. The van der Waals surface area contributed by atoms with E-state index in [1.165, 1.54) is 0 Å². The number of carbonyl (C=O) groups is 1. The highest BCUT2D eigenvalue weighted by Gasteiger charge is 2.42. The minimum absolute atomic E-state index is 0.0743. The third-order valence-electron chi connectivity index (χ3n) is 5.06. The topological polar surface area (TPSA) is 44.8 Å². The van der Waals surface area contributed by atoms with Crippen LogP contribution in [0.15, 0.2) is 60.7 Å². The van der Waals surface area contributed by atoms with Gasteiger partial charge in [0.2, 0.25) is 0 Å². The zero-order chi connectivity index (χ0) is 18.4. The van der Waals surface area contributed by atoms with E-state index in [1.807, 2.05) is 67.6 Å². The number of hydrogen-bond donors (Lipinski definition) is 0. The van der Waals surface area contributed by atoms with E-state index in [2.05, 4.69) is 6.92 Å². The molecule has 0 radical (unpaired) electrons. The molecule has 4 heteroatoms. The Balaban J connectivity index is 1.50. The van der Waals surface area contributed by atoms with E-state index in [4.69, 9.17) is 14.2 Å². The van der Waals surface area contributed by atoms with E-state index in [9.17, 15) is 4.79 Å². The summed E-state index contributed by atoms with van der Waals surface area (Å²) in [4.78, 5) is 12.4. The molecule has 4 atom stereocenters. The third kappa shape index (κ3) is 4.71. The van der Waals surface area contributed by atoms with Crippen molar-refractivity contribution in [1.82, 2.24) is 0 Å². The monoisotopic (exact) mass is 354 g/mol. The second-order valence-electron chi connectivity index (χ2n) is 6.91. The molecule has 2 aromatic carbocycles. The molecule has 1 saturated heterocycles. The maximum atomic E-state index is 12.4. The quantitative estimate of drug-likeness (QED) is 0.706. The molecule has 138 valence electrons. The van der Waals surface area contributed by atoms with Gasteiger partial charge in [0, 0.05) is 5.92 Å². The van der Waals surface area contributed by atoms with Crippen molar-refractivity contribution in [2.45, 2.75) is 39.3 Å². The number of carbonyl (C=O) groups excluding carboxylic acids is 1. The Bertz CT molecular complexity index is 684. The Morgan fingerprint density at radius 3 is 2.04 bits per heavy atom. The summed E-state index contributed by atoms with van der Waals surface area (Å²) < 4.78 is 17.3. The van der Waals surface area contributed by atoms with Gasteiger partial charge in [0.25, 0.3) is 0 Å². The Morgan fingerprint density at radius 1 is 0.846 bits per heavy atom. The first kappa shape index (κ1) is 18.6. The molecule has 0 amide bonds. The van der Waals surface area contributed by atoms with Crippen LogP contribution in [0.5, 0.6) is 0 Å². The smallest absolute Gasteiger partial charge is 0.335 e. The molecule has 0 N–H and O–H groups in total. The van der Waals surface area contributed by atoms with Gasteiger partial charge >= 0.3 is 5.97 Å². The average Bonchev–Trinajstić information content (AvgIpc) is 2.67. The largest absolute Gasteiger partial charge is 0.458 e. The van der Waals surface area contributed by atoms with Gasteiger partial charge in [0.1, 0.15) is 6.10 Å². The van der Waals surface area contributed by atoms with Gasteiger partial charge in [0.05, 0.1) is 19.8 Å². The minimum atomic E-state index is -0.532. The second kappa shape index (κ2) is 8.97. The van der Waals surface area contributed by atoms with E-state index in [0.29, 0.717) is 19.8 Å². The van der Waals surface area contributed by atoms with Crippen LogP contribution in [0.4, 0.5) is 0 Å².